The first-order valence-electron chi connectivity index (χ1n) is 5.59. The first-order valence-corrected chi connectivity index (χ1v) is 5.59. The molecule has 0 fully saturated rings. The molecule has 0 aliphatic rings. The summed E-state index contributed by atoms with van der Waals surface area (Å²) < 4.78 is 5.12. The number of carboxylic acid groups (broad SMARTS) is 1. The van der Waals surface area contributed by atoms with Crippen molar-refractivity contribution in [2.45, 2.75) is 25.8 Å². The average Bonchev–Trinajstić information content (AvgIpc) is 2.35. The maximum Gasteiger partial charge on any atom is 0.328 e. The number of hydrogen-bond acceptors (Lipinski definition) is 4. The molecule has 1 aromatic carbocycles. The maximum atomic E-state index is 11.9. The van der Waals surface area contributed by atoms with Crippen molar-refractivity contribution in [3.05, 3.63) is 29.3 Å². The molecule has 0 aromatic heterocycles. The van der Waals surface area contributed by atoms with E-state index in [1.807, 2.05) is 13.8 Å². The van der Waals surface area contributed by atoms with E-state index in [1.165, 1.54) is 7.11 Å². The predicted octanol–water partition coefficient (Wildman–Crippen LogP) is 1.41. The van der Waals surface area contributed by atoms with Crippen LogP contribution < -0.4 is 10.5 Å². The fraction of sp³-hybridized carbons (Fsp3) is 0.385. The molecule has 1 aromatic rings. The lowest BCUT2D eigenvalue weighted by Gasteiger charge is -2.13. The molecule has 0 heterocycles. The van der Waals surface area contributed by atoms with Gasteiger partial charge >= 0.3 is 5.97 Å². The van der Waals surface area contributed by atoms with Gasteiger partial charge in [0.1, 0.15) is 5.75 Å². The first-order chi connectivity index (χ1) is 8.38. The molecule has 5 nitrogen and oxygen atoms in total. The van der Waals surface area contributed by atoms with E-state index < -0.39 is 17.8 Å². The summed E-state index contributed by atoms with van der Waals surface area (Å²) in [5.41, 5.74) is 6.51. The summed E-state index contributed by atoms with van der Waals surface area (Å²) in [6.45, 7) is 4.03. The maximum absolute atomic E-state index is 11.9. The molecule has 0 spiro atoms. The van der Waals surface area contributed by atoms with Crippen molar-refractivity contribution in [2.24, 2.45) is 5.73 Å². The number of ketones is 1. The van der Waals surface area contributed by atoms with Gasteiger partial charge in [0.05, 0.1) is 12.7 Å². The topological polar surface area (TPSA) is 89.6 Å². The molecule has 0 bridgehead atoms. The Labute approximate surface area is 106 Å². The zero-order valence-corrected chi connectivity index (χ0v) is 10.6. The number of aliphatic carboxylic acids is 1. The van der Waals surface area contributed by atoms with Crippen LogP contribution in [-0.4, -0.2) is 30.0 Å². The molecule has 1 rings (SSSR count). The molecule has 5 heteroatoms. The highest BCUT2D eigenvalue weighted by Crippen LogP contribution is 2.25. The summed E-state index contributed by atoms with van der Waals surface area (Å²) in [5.74, 6) is -1.37. The number of nitrogens with two attached hydrogens (primary N) is 1. The molecule has 0 amide bonds. The lowest BCUT2D eigenvalue weighted by atomic mass is 9.97. The Kier molecular flexibility index (Phi) is 4.44. The number of carbonyl (C=O) groups excluding carboxylic acids is 1. The molecule has 0 aliphatic carbocycles. The van der Waals surface area contributed by atoms with Crippen LogP contribution in [0.15, 0.2) is 18.2 Å². The zero-order valence-electron chi connectivity index (χ0n) is 10.6. The van der Waals surface area contributed by atoms with E-state index in [0.717, 1.165) is 5.56 Å². The number of carbonyl (C=O) groups is 2. The minimum atomic E-state index is -1.57. The van der Waals surface area contributed by atoms with Crippen molar-refractivity contribution in [2.75, 3.05) is 7.11 Å². The van der Waals surface area contributed by atoms with Crippen LogP contribution in [0.1, 0.15) is 35.7 Å². The summed E-state index contributed by atoms with van der Waals surface area (Å²) >= 11 is 0. The lowest BCUT2D eigenvalue weighted by Crippen LogP contribution is -2.38. The summed E-state index contributed by atoms with van der Waals surface area (Å²) in [4.78, 5) is 22.6. The molecule has 1 atom stereocenters. The molecule has 0 radical (unpaired) electrons. The van der Waals surface area contributed by atoms with Gasteiger partial charge in [-0.05, 0) is 23.6 Å². The van der Waals surface area contributed by atoms with Crippen molar-refractivity contribution in [3.63, 3.8) is 0 Å². The van der Waals surface area contributed by atoms with Gasteiger partial charge in [-0.3, -0.25) is 9.59 Å². The molecule has 98 valence electrons. The molecule has 3 N–H and O–H groups in total. The molecular formula is C13H17NO4. The summed E-state index contributed by atoms with van der Waals surface area (Å²) in [6, 6.07) is 3.49. The van der Waals surface area contributed by atoms with Gasteiger partial charge in [-0.25, -0.2) is 0 Å². The number of hydrogen-bond donors (Lipinski definition) is 2. The number of carboxylic acids is 1. The van der Waals surface area contributed by atoms with Gasteiger partial charge in [0.2, 0.25) is 0 Å². The monoisotopic (exact) mass is 251 g/mol. The number of rotatable bonds is 5. The van der Waals surface area contributed by atoms with Crippen LogP contribution in [0, 0.1) is 0 Å². The van der Waals surface area contributed by atoms with Crippen molar-refractivity contribution in [1.82, 2.24) is 0 Å². The van der Waals surface area contributed by atoms with Crippen LogP contribution in [-0.2, 0) is 4.79 Å². The smallest absolute Gasteiger partial charge is 0.328 e. The minimum absolute atomic E-state index is 0.191. The van der Waals surface area contributed by atoms with Gasteiger partial charge in [0.25, 0.3) is 0 Å². The fourth-order valence-electron chi connectivity index (χ4n) is 1.55. The second kappa shape index (κ2) is 5.64. The first kappa shape index (κ1) is 14.2. The Hall–Kier alpha value is -1.88. The number of benzene rings is 1. The SMILES string of the molecule is COc1cc(C(C)C)ccc1C(=O)C(N)C(=O)O. The van der Waals surface area contributed by atoms with Crippen LogP contribution in [0.4, 0.5) is 0 Å². The molecule has 18 heavy (non-hydrogen) atoms. The largest absolute Gasteiger partial charge is 0.496 e. The van der Waals surface area contributed by atoms with Crippen molar-refractivity contribution >= 4 is 11.8 Å². The highest BCUT2D eigenvalue weighted by molar-refractivity contribution is 6.12. The Morgan fingerprint density at radius 2 is 1.94 bits per heavy atom. The quantitative estimate of drug-likeness (QED) is 0.610. The van der Waals surface area contributed by atoms with Crippen LogP contribution in [0.2, 0.25) is 0 Å². The number of ether oxygens (including phenoxy) is 1. The Morgan fingerprint density at radius 3 is 2.39 bits per heavy atom. The van der Waals surface area contributed by atoms with Crippen LogP contribution in [0.5, 0.6) is 5.75 Å². The Bertz CT molecular complexity index is 468. The molecular weight excluding hydrogens is 234 g/mol. The standard InChI is InChI=1S/C13H17NO4/c1-7(2)8-4-5-9(10(6-8)18-3)12(15)11(14)13(16)17/h4-7,11H,14H2,1-3H3,(H,16,17). The molecule has 0 saturated heterocycles. The van der Waals surface area contributed by atoms with Gasteiger partial charge in [-0.15, -0.1) is 0 Å². The summed E-state index contributed by atoms with van der Waals surface area (Å²) in [6.07, 6.45) is 0. The van der Waals surface area contributed by atoms with E-state index in [9.17, 15) is 9.59 Å². The molecule has 0 aliphatic heterocycles. The number of Topliss-reactive ketones (excluding diaryl/α,β-unsaturated/α-hetero) is 1. The highest BCUT2D eigenvalue weighted by atomic mass is 16.5. The van der Waals surface area contributed by atoms with E-state index in [-0.39, 0.29) is 11.5 Å². The van der Waals surface area contributed by atoms with E-state index in [2.05, 4.69) is 0 Å². The second-order valence-electron chi connectivity index (χ2n) is 4.29. The summed E-state index contributed by atoms with van der Waals surface area (Å²) in [7, 11) is 1.43. The predicted molar refractivity (Wildman–Crippen MR) is 67.0 cm³/mol. The Balaban J connectivity index is 3.17. The van der Waals surface area contributed by atoms with Gasteiger partial charge in [0.15, 0.2) is 11.8 Å². The third-order valence-electron chi connectivity index (χ3n) is 2.71. The zero-order chi connectivity index (χ0) is 13.9. The summed E-state index contributed by atoms with van der Waals surface area (Å²) in [5, 5.41) is 8.73. The van der Waals surface area contributed by atoms with E-state index in [0.29, 0.717) is 5.75 Å². The van der Waals surface area contributed by atoms with Crippen molar-refractivity contribution in [1.29, 1.82) is 0 Å². The van der Waals surface area contributed by atoms with Crippen molar-refractivity contribution in [3.8, 4) is 5.75 Å². The molecule has 1 unspecified atom stereocenters. The average molecular weight is 251 g/mol. The lowest BCUT2D eigenvalue weighted by molar-refractivity contribution is -0.137. The van der Waals surface area contributed by atoms with E-state index >= 15 is 0 Å². The second-order valence-corrected chi connectivity index (χ2v) is 4.29. The Morgan fingerprint density at radius 1 is 1.33 bits per heavy atom. The van der Waals surface area contributed by atoms with Gasteiger partial charge in [0, 0.05) is 0 Å². The van der Waals surface area contributed by atoms with Crippen LogP contribution in [0.25, 0.3) is 0 Å². The fourth-order valence-corrected chi connectivity index (χ4v) is 1.55. The number of methoxy groups -OCH3 is 1. The van der Waals surface area contributed by atoms with E-state index in [1.54, 1.807) is 18.2 Å². The third-order valence-corrected chi connectivity index (χ3v) is 2.71. The van der Waals surface area contributed by atoms with Gasteiger partial charge in [-0.1, -0.05) is 19.9 Å². The van der Waals surface area contributed by atoms with E-state index in [4.69, 9.17) is 15.6 Å². The molecule has 0 saturated carbocycles. The van der Waals surface area contributed by atoms with Crippen molar-refractivity contribution < 1.29 is 19.4 Å². The normalized spacial score (nSPS) is 12.3. The highest BCUT2D eigenvalue weighted by Gasteiger charge is 2.25. The van der Waals surface area contributed by atoms with Gasteiger partial charge in [-0.2, -0.15) is 0 Å². The van der Waals surface area contributed by atoms with Crippen LogP contribution >= 0.6 is 0 Å². The van der Waals surface area contributed by atoms with Gasteiger partial charge < -0.3 is 15.6 Å². The third kappa shape index (κ3) is 2.87. The van der Waals surface area contributed by atoms with Crippen LogP contribution in [0.3, 0.4) is 0 Å². The minimum Gasteiger partial charge on any atom is -0.496 e.